The van der Waals surface area contributed by atoms with Crippen LogP contribution >= 0.6 is 0 Å². The Bertz CT molecular complexity index is 972. The maximum atomic E-state index is 13.0. The Morgan fingerprint density at radius 3 is 2.24 bits per heavy atom. The first-order valence-corrected chi connectivity index (χ1v) is 12.7. The Morgan fingerprint density at radius 2 is 1.66 bits per heavy atom. The highest BCUT2D eigenvalue weighted by atomic mass is 32.2. The molecule has 2 N–H and O–H groups in total. The second-order valence-electron chi connectivity index (χ2n) is 7.53. The van der Waals surface area contributed by atoms with Crippen molar-refractivity contribution in [2.45, 2.75) is 48.7 Å². The second kappa shape index (κ2) is 8.54. The zero-order valence-corrected chi connectivity index (χ0v) is 17.7. The Kier molecular flexibility index (Phi) is 6.46. The summed E-state index contributed by atoms with van der Waals surface area (Å²) in [5.74, 6) is 0. The van der Waals surface area contributed by atoms with Crippen molar-refractivity contribution in [3.05, 3.63) is 28.3 Å². The molecule has 0 saturated carbocycles. The average molecular weight is 447 g/mol. The third-order valence-corrected chi connectivity index (χ3v) is 8.74. The predicted molar refractivity (Wildman–Crippen MR) is 109 cm³/mol. The van der Waals surface area contributed by atoms with E-state index in [0.29, 0.717) is 32.5 Å². The van der Waals surface area contributed by atoms with Gasteiger partial charge in [0.2, 0.25) is 20.0 Å². The van der Waals surface area contributed by atoms with Crippen LogP contribution in [-0.2, 0) is 20.0 Å². The van der Waals surface area contributed by atoms with Gasteiger partial charge in [-0.15, -0.1) is 0 Å². The molecule has 2 saturated heterocycles. The van der Waals surface area contributed by atoms with E-state index in [2.05, 4.69) is 0 Å². The molecule has 2 heterocycles. The SMILES string of the molecule is NS(=O)(=O)[C@@H]1CCCN(c2ccc(S(=O)(=O)N3CCCCCC3)cc2[N+](=O)[O-])C1. The van der Waals surface area contributed by atoms with Crippen LogP contribution in [0, 0.1) is 10.1 Å². The van der Waals surface area contributed by atoms with Crippen LogP contribution in [0.15, 0.2) is 23.1 Å². The first kappa shape index (κ1) is 21.9. The largest absolute Gasteiger partial charge is 0.365 e. The molecule has 1 atom stereocenters. The summed E-state index contributed by atoms with van der Waals surface area (Å²) in [6.07, 6.45) is 4.37. The molecular formula is C17H26N4O6S2. The topological polar surface area (TPSA) is 144 Å². The van der Waals surface area contributed by atoms with Crippen LogP contribution in [0.1, 0.15) is 38.5 Å². The lowest BCUT2D eigenvalue weighted by Crippen LogP contribution is -2.44. The number of nitrogens with zero attached hydrogens (tertiary/aromatic N) is 3. The molecule has 0 aliphatic carbocycles. The van der Waals surface area contributed by atoms with E-state index in [-0.39, 0.29) is 22.8 Å². The van der Waals surface area contributed by atoms with E-state index in [0.717, 1.165) is 31.7 Å². The molecule has 2 fully saturated rings. The van der Waals surface area contributed by atoms with Crippen molar-refractivity contribution in [3.63, 3.8) is 0 Å². The van der Waals surface area contributed by atoms with Crippen molar-refractivity contribution in [2.75, 3.05) is 31.1 Å². The lowest BCUT2D eigenvalue weighted by Gasteiger charge is -2.33. The third-order valence-electron chi connectivity index (χ3n) is 5.53. The van der Waals surface area contributed by atoms with E-state index >= 15 is 0 Å². The number of sulfonamides is 2. The number of anilines is 1. The maximum absolute atomic E-state index is 13.0. The van der Waals surface area contributed by atoms with Crippen molar-refractivity contribution in [2.24, 2.45) is 5.14 Å². The summed E-state index contributed by atoms with van der Waals surface area (Å²) in [5, 5.41) is 16.1. The van der Waals surface area contributed by atoms with Gasteiger partial charge in [-0.25, -0.2) is 22.0 Å². The van der Waals surface area contributed by atoms with Gasteiger partial charge in [-0.2, -0.15) is 4.31 Å². The van der Waals surface area contributed by atoms with Gasteiger partial charge in [0.15, 0.2) is 0 Å². The number of rotatable bonds is 5. The van der Waals surface area contributed by atoms with Gasteiger partial charge in [0.1, 0.15) is 5.69 Å². The van der Waals surface area contributed by atoms with Gasteiger partial charge in [0.25, 0.3) is 5.69 Å². The minimum atomic E-state index is -3.83. The molecule has 10 nitrogen and oxygen atoms in total. The standard InChI is InChI=1S/C17H26N4O6S2/c18-28(24,25)15-6-5-9-19(13-15)16-8-7-14(12-17(16)21(22)23)29(26,27)20-10-3-1-2-4-11-20/h7-8,12,15H,1-6,9-11,13H2,(H2,18,24,25)/t15-/m1/s1. The van der Waals surface area contributed by atoms with Crippen molar-refractivity contribution in [1.82, 2.24) is 4.31 Å². The van der Waals surface area contributed by atoms with Gasteiger partial charge >= 0.3 is 0 Å². The highest BCUT2D eigenvalue weighted by Gasteiger charge is 2.33. The number of piperidine rings is 1. The van der Waals surface area contributed by atoms with Crippen LogP contribution in [0.3, 0.4) is 0 Å². The maximum Gasteiger partial charge on any atom is 0.293 e. The molecule has 0 aromatic heterocycles. The molecule has 0 spiro atoms. The molecule has 3 rings (SSSR count). The number of nitro benzene ring substituents is 1. The Hall–Kier alpha value is -1.76. The smallest absolute Gasteiger partial charge is 0.293 e. The van der Waals surface area contributed by atoms with Gasteiger partial charge in [-0.3, -0.25) is 10.1 Å². The number of hydrogen-bond acceptors (Lipinski definition) is 7. The molecule has 1 aromatic carbocycles. The van der Waals surface area contributed by atoms with Crippen LogP contribution in [0.5, 0.6) is 0 Å². The van der Waals surface area contributed by atoms with Crippen molar-refractivity contribution in [3.8, 4) is 0 Å². The van der Waals surface area contributed by atoms with E-state index in [1.165, 1.54) is 16.4 Å². The molecule has 0 unspecified atom stereocenters. The number of benzene rings is 1. The second-order valence-corrected chi connectivity index (χ2v) is 11.3. The van der Waals surface area contributed by atoms with E-state index in [4.69, 9.17) is 5.14 Å². The monoisotopic (exact) mass is 446 g/mol. The summed E-state index contributed by atoms with van der Waals surface area (Å²) in [6, 6.07) is 3.84. The van der Waals surface area contributed by atoms with Crippen LogP contribution in [0.4, 0.5) is 11.4 Å². The van der Waals surface area contributed by atoms with E-state index in [1.807, 2.05) is 0 Å². The first-order valence-electron chi connectivity index (χ1n) is 9.66. The summed E-state index contributed by atoms with van der Waals surface area (Å²) in [4.78, 5) is 12.5. The van der Waals surface area contributed by atoms with Crippen molar-refractivity contribution >= 4 is 31.4 Å². The van der Waals surface area contributed by atoms with Crippen LogP contribution in [-0.4, -0.2) is 57.5 Å². The summed E-state index contributed by atoms with van der Waals surface area (Å²) in [5.41, 5.74) is -0.144. The summed E-state index contributed by atoms with van der Waals surface area (Å²) < 4.78 is 50.8. The summed E-state index contributed by atoms with van der Waals surface area (Å²) in [6.45, 7) is 1.28. The Balaban J connectivity index is 1.94. The van der Waals surface area contributed by atoms with Gasteiger partial charge in [0, 0.05) is 32.2 Å². The fraction of sp³-hybridized carbons (Fsp3) is 0.647. The van der Waals surface area contributed by atoms with Gasteiger partial charge in [-0.1, -0.05) is 12.8 Å². The van der Waals surface area contributed by atoms with Gasteiger partial charge in [-0.05, 0) is 37.8 Å². The van der Waals surface area contributed by atoms with Crippen LogP contribution in [0.25, 0.3) is 0 Å². The van der Waals surface area contributed by atoms with Crippen molar-refractivity contribution < 1.29 is 21.8 Å². The lowest BCUT2D eigenvalue weighted by atomic mass is 10.1. The fourth-order valence-electron chi connectivity index (χ4n) is 3.93. The van der Waals surface area contributed by atoms with E-state index in [9.17, 15) is 26.9 Å². The number of primary sulfonamides is 1. The quantitative estimate of drug-likeness (QED) is 0.532. The summed E-state index contributed by atoms with van der Waals surface area (Å²) in [7, 11) is -7.59. The van der Waals surface area contributed by atoms with E-state index in [1.54, 1.807) is 4.90 Å². The molecular weight excluding hydrogens is 420 g/mol. The molecule has 0 bridgehead atoms. The first-order chi connectivity index (χ1) is 13.6. The molecule has 162 valence electrons. The zero-order chi connectivity index (χ0) is 21.2. The molecule has 0 radical (unpaired) electrons. The number of nitro groups is 1. The minimum absolute atomic E-state index is 0.0396. The summed E-state index contributed by atoms with van der Waals surface area (Å²) >= 11 is 0. The van der Waals surface area contributed by atoms with Crippen LogP contribution < -0.4 is 10.0 Å². The molecule has 2 aliphatic heterocycles. The molecule has 1 aromatic rings. The fourth-order valence-corrected chi connectivity index (χ4v) is 6.35. The van der Waals surface area contributed by atoms with E-state index < -0.39 is 30.2 Å². The third kappa shape index (κ3) is 4.87. The minimum Gasteiger partial charge on any atom is -0.365 e. The molecule has 0 amide bonds. The van der Waals surface area contributed by atoms with Gasteiger partial charge < -0.3 is 4.90 Å². The zero-order valence-electron chi connectivity index (χ0n) is 16.1. The highest BCUT2D eigenvalue weighted by Crippen LogP contribution is 2.34. The lowest BCUT2D eigenvalue weighted by molar-refractivity contribution is -0.384. The number of hydrogen-bond donors (Lipinski definition) is 1. The Labute approximate surface area is 170 Å². The molecule has 2 aliphatic rings. The highest BCUT2D eigenvalue weighted by molar-refractivity contribution is 7.89. The Morgan fingerprint density at radius 1 is 1.00 bits per heavy atom. The number of nitrogens with two attached hydrogens (primary N) is 1. The van der Waals surface area contributed by atoms with Crippen molar-refractivity contribution in [1.29, 1.82) is 0 Å². The predicted octanol–water partition coefficient (Wildman–Crippen LogP) is 1.42. The molecule has 12 heteroatoms. The normalized spacial score (nSPS) is 22.2. The van der Waals surface area contributed by atoms with Crippen LogP contribution in [0.2, 0.25) is 0 Å². The average Bonchev–Trinajstić information content (AvgIpc) is 2.97. The van der Waals surface area contributed by atoms with Gasteiger partial charge in [0.05, 0.1) is 15.1 Å². The molecule has 29 heavy (non-hydrogen) atoms.